The molecule has 1 aliphatic carbocycles. The summed E-state index contributed by atoms with van der Waals surface area (Å²) in [4.78, 5) is 38.3. The molecule has 0 unspecified atom stereocenters. The lowest BCUT2D eigenvalue weighted by molar-refractivity contribution is -0.939. The molecule has 2 N–H and O–H groups in total. The number of nitrogens with zero attached hydrogens (tertiary/aromatic N) is 4. The van der Waals surface area contributed by atoms with E-state index in [1.807, 2.05) is 48.5 Å². The molecular formula is C27H28N5O4+. The van der Waals surface area contributed by atoms with E-state index in [9.17, 15) is 14.7 Å². The van der Waals surface area contributed by atoms with Crippen molar-refractivity contribution in [3.63, 3.8) is 0 Å². The van der Waals surface area contributed by atoms with Crippen LogP contribution in [0.5, 0.6) is 0 Å². The zero-order valence-corrected chi connectivity index (χ0v) is 19.8. The molecule has 1 amide bonds. The van der Waals surface area contributed by atoms with Crippen molar-refractivity contribution < 1.29 is 23.9 Å². The molecule has 3 saturated heterocycles. The number of hydrogen-bond acceptors (Lipinski definition) is 7. The summed E-state index contributed by atoms with van der Waals surface area (Å²) in [5.74, 6) is -0.382. The quantitative estimate of drug-likeness (QED) is 0.418. The average molecular weight is 487 g/mol. The smallest absolute Gasteiger partial charge is 0.348 e. The first-order valence-electron chi connectivity index (χ1n) is 12.3. The third-order valence-corrected chi connectivity index (χ3v) is 8.01. The minimum Gasteiger partial charge on any atom is -0.453 e. The van der Waals surface area contributed by atoms with Gasteiger partial charge in [-0.15, -0.1) is 0 Å². The van der Waals surface area contributed by atoms with Crippen molar-refractivity contribution in [2.24, 2.45) is 5.92 Å². The van der Waals surface area contributed by atoms with Crippen LogP contribution >= 0.6 is 0 Å². The molecule has 2 bridgehead atoms. The molecule has 184 valence electrons. The maximum atomic E-state index is 13.8. The van der Waals surface area contributed by atoms with Gasteiger partial charge in [0, 0.05) is 29.9 Å². The minimum atomic E-state index is -1.86. The first-order chi connectivity index (χ1) is 17.5. The van der Waals surface area contributed by atoms with Crippen LogP contribution in [-0.4, -0.2) is 68.7 Å². The number of ether oxygens (including phenoxy) is 1. The lowest BCUT2D eigenvalue weighted by Gasteiger charge is -2.51. The number of nitrogens with one attached hydrogen (secondary N) is 1. The van der Waals surface area contributed by atoms with Gasteiger partial charge in [-0.3, -0.25) is 10.1 Å². The highest BCUT2D eigenvalue weighted by atomic mass is 16.6. The molecule has 4 heterocycles. The van der Waals surface area contributed by atoms with E-state index in [-0.39, 0.29) is 30.4 Å². The fourth-order valence-electron chi connectivity index (χ4n) is 6.20. The summed E-state index contributed by atoms with van der Waals surface area (Å²) < 4.78 is 6.68. The second kappa shape index (κ2) is 8.76. The number of hydrogen-bond donors (Lipinski definition) is 2. The number of esters is 1. The van der Waals surface area contributed by atoms with Gasteiger partial charge in [-0.2, -0.15) is 0 Å². The van der Waals surface area contributed by atoms with Crippen molar-refractivity contribution in [3.8, 4) is 0 Å². The van der Waals surface area contributed by atoms with Crippen LogP contribution < -0.4 is 5.32 Å². The van der Waals surface area contributed by atoms with Gasteiger partial charge in [0.1, 0.15) is 19.2 Å². The second-order valence-electron chi connectivity index (χ2n) is 10.1. The molecule has 1 atom stereocenters. The molecule has 3 fully saturated rings. The molecule has 9 nitrogen and oxygen atoms in total. The second-order valence-corrected chi connectivity index (χ2v) is 10.1. The van der Waals surface area contributed by atoms with Gasteiger partial charge in [0.2, 0.25) is 11.5 Å². The van der Waals surface area contributed by atoms with Gasteiger partial charge in [0.05, 0.1) is 13.1 Å². The Kier molecular flexibility index (Phi) is 5.54. The Balaban J connectivity index is 1.23. The number of aromatic nitrogens is 3. The number of amides is 1. The monoisotopic (exact) mass is 486 g/mol. The van der Waals surface area contributed by atoms with E-state index in [2.05, 4.69) is 20.3 Å². The summed E-state index contributed by atoms with van der Waals surface area (Å²) >= 11 is 0. The highest BCUT2D eigenvalue weighted by molar-refractivity contribution is 5.90. The Morgan fingerprint density at radius 3 is 2.25 bits per heavy atom. The van der Waals surface area contributed by atoms with Gasteiger partial charge in [-0.25, -0.2) is 19.7 Å². The van der Waals surface area contributed by atoms with E-state index < -0.39 is 11.6 Å². The molecule has 1 aromatic heterocycles. The van der Waals surface area contributed by atoms with E-state index in [0.29, 0.717) is 28.6 Å². The molecule has 2 aromatic carbocycles. The van der Waals surface area contributed by atoms with Crippen LogP contribution in [0.25, 0.3) is 0 Å². The maximum absolute atomic E-state index is 13.8. The lowest BCUT2D eigenvalue weighted by atomic mass is 9.74. The average Bonchev–Trinajstić information content (AvgIpc) is 2.90. The summed E-state index contributed by atoms with van der Waals surface area (Å²) in [6, 6.07) is 15.0. The van der Waals surface area contributed by atoms with Gasteiger partial charge in [0.15, 0.2) is 12.6 Å². The Hall–Kier alpha value is -3.69. The maximum Gasteiger partial charge on any atom is 0.348 e. The van der Waals surface area contributed by atoms with Gasteiger partial charge >= 0.3 is 5.97 Å². The molecule has 0 saturated carbocycles. The normalized spacial score (nSPS) is 25.4. The van der Waals surface area contributed by atoms with Crippen LogP contribution in [0.3, 0.4) is 0 Å². The van der Waals surface area contributed by atoms with Crippen molar-refractivity contribution in [3.05, 3.63) is 83.4 Å². The van der Waals surface area contributed by atoms with Crippen LogP contribution in [0, 0.1) is 5.92 Å². The Bertz CT molecular complexity index is 1260. The van der Waals surface area contributed by atoms with Crippen molar-refractivity contribution in [2.75, 3.05) is 31.5 Å². The van der Waals surface area contributed by atoms with Crippen LogP contribution in [0.15, 0.2) is 61.2 Å². The number of benzene rings is 2. The number of aliphatic hydroxyl groups is 1. The molecule has 3 aliphatic heterocycles. The van der Waals surface area contributed by atoms with Crippen molar-refractivity contribution in [1.29, 1.82) is 0 Å². The number of anilines is 1. The number of carbonyl (C=O) groups excluding carboxylic acids is 2. The largest absolute Gasteiger partial charge is 0.453 e. The number of carbonyl (C=O) groups is 2. The van der Waals surface area contributed by atoms with Crippen molar-refractivity contribution >= 4 is 17.8 Å². The Labute approximate surface area is 208 Å². The molecule has 9 heteroatoms. The van der Waals surface area contributed by atoms with Gasteiger partial charge < -0.3 is 14.3 Å². The molecule has 3 aromatic rings. The predicted molar refractivity (Wildman–Crippen MR) is 129 cm³/mol. The van der Waals surface area contributed by atoms with E-state index in [0.717, 1.165) is 37.1 Å². The Morgan fingerprint density at radius 1 is 1.00 bits per heavy atom. The number of piperidine rings is 3. The lowest BCUT2D eigenvalue weighted by Crippen LogP contribution is -2.66. The minimum absolute atomic E-state index is 0.180. The van der Waals surface area contributed by atoms with Gasteiger partial charge in [-0.05, 0) is 17.5 Å². The van der Waals surface area contributed by atoms with Crippen LogP contribution in [0.2, 0.25) is 0 Å². The number of fused-ring (bicyclic) bond motifs is 5. The number of quaternary nitrogens is 1. The third kappa shape index (κ3) is 3.84. The Morgan fingerprint density at radius 2 is 1.61 bits per heavy atom. The summed E-state index contributed by atoms with van der Waals surface area (Å²) in [5, 5.41) is 14.7. The molecule has 0 spiro atoms. The molecule has 0 radical (unpaired) electrons. The summed E-state index contributed by atoms with van der Waals surface area (Å²) in [6.07, 6.45) is 4.69. The summed E-state index contributed by atoms with van der Waals surface area (Å²) in [5.41, 5.74) is 1.13. The molecule has 36 heavy (non-hydrogen) atoms. The fraction of sp³-hybridized carbons (Fsp3) is 0.370. The van der Waals surface area contributed by atoms with E-state index in [4.69, 9.17) is 4.74 Å². The zero-order chi connectivity index (χ0) is 24.8. The highest BCUT2D eigenvalue weighted by Crippen LogP contribution is 2.42. The molecule has 7 rings (SSSR count). The van der Waals surface area contributed by atoms with Crippen LogP contribution in [-0.2, 0) is 26.3 Å². The fourth-order valence-corrected chi connectivity index (χ4v) is 6.20. The zero-order valence-electron chi connectivity index (χ0n) is 19.8. The SMILES string of the molecule is O=C(C[N+]12CCC(CC1)[C@@H](OC(=O)C1(O)c3ccccc3Cc3ccccc31)C2)Nc1ncncn1. The summed E-state index contributed by atoms with van der Waals surface area (Å²) in [6.45, 7) is 2.49. The van der Waals surface area contributed by atoms with Crippen LogP contribution in [0.1, 0.15) is 35.1 Å². The molecular weight excluding hydrogens is 458 g/mol. The summed E-state index contributed by atoms with van der Waals surface area (Å²) in [7, 11) is 0. The molecule has 4 aliphatic rings. The predicted octanol–water partition coefficient (Wildman–Crippen LogP) is 1.80. The number of rotatable bonds is 5. The van der Waals surface area contributed by atoms with E-state index in [1.54, 1.807) is 0 Å². The van der Waals surface area contributed by atoms with E-state index in [1.165, 1.54) is 12.7 Å². The topological polar surface area (TPSA) is 114 Å². The van der Waals surface area contributed by atoms with Crippen molar-refractivity contribution in [2.45, 2.75) is 31.0 Å². The standard InChI is InChI=1S/C27H27N5O4/c33-24(31-26-29-16-28-17-30-26)15-32-11-9-18(10-12-32)23(14-32)36-25(34)27(35)21-7-3-1-5-19(21)13-20-6-2-4-8-22(20)27/h1-8,16-18,23,35H,9-15H2/p+1/t18?,23-,32?/m0/s1. The van der Waals surface area contributed by atoms with Crippen LogP contribution in [0.4, 0.5) is 5.95 Å². The third-order valence-electron chi connectivity index (χ3n) is 8.01. The van der Waals surface area contributed by atoms with E-state index >= 15 is 0 Å². The first-order valence-corrected chi connectivity index (χ1v) is 12.3. The highest BCUT2D eigenvalue weighted by Gasteiger charge is 2.52. The van der Waals surface area contributed by atoms with Crippen molar-refractivity contribution in [1.82, 2.24) is 15.0 Å². The van der Waals surface area contributed by atoms with Gasteiger partial charge in [0.25, 0.3) is 5.91 Å². The van der Waals surface area contributed by atoms with Gasteiger partial charge in [-0.1, -0.05) is 48.5 Å². The first kappa shape index (κ1) is 22.8.